The summed E-state index contributed by atoms with van der Waals surface area (Å²) in [5.74, 6) is -8.05. The van der Waals surface area contributed by atoms with Gasteiger partial charge >= 0.3 is 0 Å². The van der Waals surface area contributed by atoms with Gasteiger partial charge in [0, 0.05) is 40.4 Å². The van der Waals surface area contributed by atoms with Crippen LogP contribution < -0.4 is 14.5 Å². The van der Waals surface area contributed by atoms with Crippen LogP contribution in [0.2, 0.25) is 0 Å². The summed E-state index contributed by atoms with van der Waals surface area (Å²) >= 11 is 0. The lowest BCUT2D eigenvalue weighted by Crippen LogP contribution is -2.27. The third-order valence-corrected chi connectivity index (χ3v) is 13.3. The maximum atomic E-state index is 15.9. The van der Waals surface area contributed by atoms with Crippen LogP contribution >= 0.6 is 0 Å². The molecule has 0 fully saturated rings. The van der Waals surface area contributed by atoms with Gasteiger partial charge in [0.2, 0.25) is 5.82 Å². The largest absolute Gasteiger partial charge is 0.457 e. The van der Waals surface area contributed by atoms with Gasteiger partial charge < -0.3 is 14.5 Å². The smallest absolute Gasteiger partial charge is 0.200 e. The average molecular weight is 941 g/mol. The maximum Gasteiger partial charge on any atom is 0.200 e. The molecule has 0 aliphatic carbocycles. The predicted molar refractivity (Wildman–Crippen MR) is 274 cm³/mol. The Labute approximate surface area is 405 Å². The van der Waals surface area contributed by atoms with Gasteiger partial charge in [0.05, 0.1) is 33.7 Å². The lowest BCUT2D eigenvalue weighted by Gasteiger charge is -2.32. The first kappa shape index (κ1) is 46.3. The van der Waals surface area contributed by atoms with E-state index in [-0.39, 0.29) is 23.1 Å². The van der Waals surface area contributed by atoms with Crippen molar-refractivity contribution in [1.29, 1.82) is 0 Å². The summed E-state index contributed by atoms with van der Waals surface area (Å²) in [6, 6.07) is 45.5. The van der Waals surface area contributed by atoms with Gasteiger partial charge in [-0.25, -0.2) is 26.9 Å². The van der Waals surface area contributed by atoms with Crippen molar-refractivity contribution in [3.8, 4) is 39.6 Å². The molecule has 1 aliphatic heterocycles. The molecule has 354 valence electrons. The Hall–Kier alpha value is -7.46. The monoisotopic (exact) mass is 940 g/mol. The molecule has 5 nitrogen and oxygen atoms in total. The summed E-state index contributed by atoms with van der Waals surface area (Å²) in [6.07, 6.45) is 1.86. The number of anilines is 4. The third kappa shape index (κ3) is 7.93. The number of aromatic nitrogens is 2. The number of hydrogen-bond donors (Lipinski definition) is 0. The van der Waals surface area contributed by atoms with E-state index in [4.69, 9.17) is 9.72 Å². The molecule has 0 spiro atoms. The molecule has 1 aliphatic rings. The van der Waals surface area contributed by atoms with Crippen molar-refractivity contribution in [2.24, 2.45) is 0 Å². The fraction of sp³-hybridized carbons (Fsp3) is 0.217. The molecule has 9 aromatic rings. The second-order valence-electron chi connectivity index (χ2n) is 21.2. The summed E-state index contributed by atoms with van der Waals surface area (Å²) in [4.78, 5) is 8.86. The predicted octanol–water partition coefficient (Wildman–Crippen LogP) is 17.1. The molecule has 0 saturated carbocycles. The van der Waals surface area contributed by atoms with Gasteiger partial charge in [0.1, 0.15) is 24.0 Å². The van der Waals surface area contributed by atoms with Gasteiger partial charge in [-0.1, -0.05) is 135 Å². The summed E-state index contributed by atoms with van der Waals surface area (Å²) in [7, 11) is 0. The number of fused-ring (bicyclic) bond motifs is 4. The highest BCUT2D eigenvalue weighted by Gasteiger charge is 2.36. The van der Waals surface area contributed by atoms with Crippen LogP contribution in [-0.2, 0) is 16.2 Å². The Morgan fingerprint density at radius 2 is 1.09 bits per heavy atom. The topological polar surface area (TPSA) is 33.5 Å². The molecule has 0 atom stereocenters. The quantitative estimate of drug-likeness (QED) is 0.0906. The van der Waals surface area contributed by atoms with E-state index in [1.165, 1.54) is 6.07 Å². The van der Waals surface area contributed by atoms with Crippen molar-refractivity contribution in [3.05, 3.63) is 191 Å². The van der Waals surface area contributed by atoms with Gasteiger partial charge in [0.25, 0.3) is 0 Å². The van der Waals surface area contributed by atoms with Crippen LogP contribution in [0.25, 0.3) is 49.9 Å². The number of para-hydroxylation sites is 4. The van der Waals surface area contributed by atoms with Crippen LogP contribution in [0, 0.1) is 29.1 Å². The second kappa shape index (κ2) is 16.9. The van der Waals surface area contributed by atoms with Crippen molar-refractivity contribution in [3.63, 3.8) is 0 Å². The molecule has 0 saturated heterocycles. The van der Waals surface area contributed by atoms with Gasteiger partial charge in [0.15, 0.2) is 23.3 Å². The molecular weight excluding hydrogens is 888 g/mol. The van der Waals surface area contributed by atoms with Gasteiger partial charge in [-0.05, 0) is 98.7 Å². The summed E-state index contributed by atoms with van der Waals surface area (Å²) < 4.78 is 85.5. The second-order valence-corrected chi connectivity index (χ2v) is 21.2. The highest BCUT2D eigenvalue weighted by molar-refractivity contribution is 6.09. The van der Waals surface area contributed by atoms with Crippen LogP contribution in [0.1, 0.15) is 79.0 Å². The van der Waals surface area contributed by atoms with Crippen LogP contribution in [0.3, 0.4) is 0 Å². The van der Waals surface area contributed by atoms with E-state index in [9.17, 15) is 4.39 Å². The molecule has 0 amide bonds. The first-order chi connectivity index (χ1) is 33.2. The fourth-order valence-corrected chi connectivity index (χ4v) is 9.86. The van der Waals surface area contributed by atoms with Crippen LogP contribution in [0.5, 0.6) is 11.5 Å². The Balaban J connectivity index is 1.15. The van der Waals surface area contributed by atoms with Gasteiger partial charge in [-0.2, -0.15) is 0 Å². The molecule has 70 heavy (non-hydrogen) atoms. The molecule has 10 rings (SSSR count). The van der Waals surface area contributed by atoms with E-state index >= 15 is 17.6 Å². The Bertz CT molecular complexity index is 3510. The average Bonchev–Trinajstić information content (AvgIpc) is 3.88. The molecule has 0 radical (unpaired) electrons. The summed E-state index contributed by atoms with van der Waals surface area (Å²) in [5, 5.41) is 2.14. The molecule has 0 bridgehead atoms. The number of nitrogens with zero attached hydrogens (tertiary/aromatic N) is 4. The van der Waals surface area contributed by atoms with Crippen molar-refractivity contribution in [2.45, 2.75) is 78.6 Å². The van der Waals surface area contributed by atoms with Crippen LogP contribution in [-0.4, -0.2) is 16.2 Å². The van der Waals surface area contributed by atoms with Crippen molar-refractivity contribution < 1.29 is 26.7 Å². The standard InChI is InChI=1S/C60H53F5N4O/c1-58(2,3)36-27-28-66-50(31-36)69-46-22-13-11-18-41(46)42-26-25-38(33-49(42)69)70-39-30-35(40-17-10-12-20-44(40)59(4,5)6)29-37(32-39)67-34-68(48-24-15-14-23-47(48)67)57-43(19-16-21-45(57)60(7,8)9)51-52(61)54(63)56(65)55(64)53(51)62/h10-33H,34H2,1-9H3. The summed E-state index contributed by atoms with van der Waals surface area (Å²) in [5.41, 5.74) is 7.24. The minimum Gasteiger partial charge on any atom is -0.457 e. The Morgan fingerprint density at radius 1 is 0.486 bits per heavy atom. The Morgan fingerprint density at radius 3 is 1.79 bits per heavy atom. The minimum absolute atomic E-state index is 0.0958. The first-order valence-corrected chi connectivity index (χ1v) is 23.4. The number of rotatable bonds is 7. The maximum absolute atomic E-state index is 15.9. The normalized spacial score (nSPS) is 13.2. The molecule has 3 heterocycles. The highest BCUT2D eigenvalue weighted by Crippen LogP contribution is 2.52. The zero-order chi connectivity index (χ0) is 49.6. The van der Waals surface area contributed by atoms with Gasteiger partial charge in [-0.15, -0.1) is 0 Å². The first-order valence-electron chi connectivity index (χ1n) is 23.4. The zero-order valence-electron chi connectivity index (χ0n) is 40.7. The number of halogens is 5. The molecule has 0 N–H and O–H groups in total. The van der Waals surface area contributed by atoms with E-state index in [2.05, 4.69) is 99.5 Å². The summed E-state index contributed by atoms with van der Waals surface area (Å²) in [6.45, 7) is 19.1. The van der Waals surface area contributed by atoms with E-state index in [0.29, 0.717) is 28.4 Å². The molecule has 0 unspecified atom stereocenters. The van der Waals surface area contributed by atoms with Crippen molar-refractivity contribution in [1.82, 2.24) is 9.55 Å². The number of hydrogen-bond acceptors (Lipinski definition) is 4. The molecule has 2 aromatic heterocycles. The lowest BCUT2D eigenvalue weighted by molar-refractivity contribution is 0.381. The number of benzene rings is 7. The van der Waals surface area contributed by atoms with Gasteiger partial charge in [-0.3, -0.25) is 4.57 Å². The molecule has 10 heteroatoms. The SMILES string of the molecule is CC(C)(C)c1ccnc(-n2c3ccccc3c3ccc(Oc4cc(-c5ccccc5C(C)(C)C)cc(N5CN(c6c(-c7c(F)c(F)c(F)c(F)c7F)cccc6C(C)(C)C)c6ccccc65)c4)cc32)c1. The number of ether oxygens (including phenoxy) is 1. The van der Waals surface area contributed by atoms with E-state index in [0.717, 1.165) is 61.3 Å². The van der Waals surface area contributed by atoms with Crippen LogP contribution in [0.15, 0.2) is 146 Å². The van der Waals surface area contributed by atoms with E-state index in [1.54, 1.807) is 6.07 Å². The molecule has 7 aromatic carbocycles. The zero-order valence-corrected chi connectivity index (χ0v) is 40.7. The van der Waals surface area contributed by atoms with E-state index in [1.807, 2.05) is 111 Å². The fourth-order valence-electron chi connectivity index (χ4n) is 9.86. The van der Waals surface area contributed by atoms with Crippen LogP contribution in [0.4, 0.5) is 44.7 Å². The lowest BCUT2D eigenvalue weighted by atomic mass is 9.82. The minimum atomic E-state index is -2.21. The Kier molecular flexibility index (Phi) is 11.2. The van der Waals surface area contributed by atoms with E-state index < -0.39 is 40.1 Å². The molecular formula is C60H53F5N4O. The van der Waals surface area contributed by atoms with Crippen molar-refractivity contribution in [2.75, 3.05) is 16.5 Å². The van der Waals surface area contributed by atoms with Crippen molar-refractivity contribution >= 4 is 44.6 Å². The number of pyridine rings is 1. The third-order valence-electron chi connectivity index (χ3n) is 13.3. The highest BCUT2D eigenvalue weighted by atomic mass is 19.2.